The van der Waals surface area contributed by atoms with Gasteiger partial charge in [-0.3, -0.25) is 5.41 Å². The van der Waals surface area contributed by atoms with Crippen molar-refractivity contribution in [3.05, 3.63) is 60.3 Å². The van der Waals surface area contributed by atoms with Crippen LogP contribution in [0.2, 0.25) is 0 Å². The predicted octanol–water partition coefficient (Wildman–Crippen LogP) is 4.27. The highest BCUT2D eigenvalue weighted by Crippen LogP contribution is 2.30. The molecule has 0 spiro atoms. The average molecular weight is 361 g/mol. The van der Waals surface area contributed by atoms with E-state index in [1.54, 1.807) is 19.4 Å². The number of aromatic nitrogens is 2. The van der Waals surface area contributed by atoms with Gasteiger partial charge in [-0.15, -0.1) is 0 Å². The minimum atomic E-state index is 0.291. The number of benzene rings is 2. The molecule has 2 heterocycles. The second-order valence-corrected chi connectivity index (χ2v) is 6.06. The zero-order chi connectivity index (χ0) is 18.6. The number of nitrogens with one attached hydrogen (secondary N) is 3. The van der Waals surface area contributed by atoms with E-state index in [9.17, 15) is 0 Å². The Labute approximate surface area is 156 Å². The number of para-hydroxylation sites is 2. The Morgan fingerprint density at radius 1 is 1.07 bits per heavy atom. The molecule has 7 nitrogen and oxygen atoms in total. The van der Waals surface area contributed by atoms with Crippen LogP contribution in [-0.2, 0) is 6.42 Å². The molecule has 1 aliphatic heterocycles. The van der Waals surface area contributed by atoms with Gasteiger partial charge in [-0.25, -0.2) is 4.98 Å². The molecule has 0 amide bonds. The molecule has 3 aromatic rings. The zero-order valence-electron chi connectivity index (χ0n) is 14.8. The van der Waals surface area contributed by atoms with Crippen LogP contribution < -0.4 is 20.1 Å². The number of fused-ring (bicyclic) bond motifs is 1. The number of hydrogen-bond acceptors (Lipinski definition) is 7. The first kappa shape index (κ1) is 16.8. The van der Waals surface area contributed by atoms with E-state index in [2.05, 4.69) is 20.6 Å². The topological polar surface area (TPSA) is 92.1 Å². The quantitative estimate of drug-likeness (QED) is 0.628. The third-order valence-corrected chi connectivity index (χ3v) is 4.20. The van der Waals surface area contributed by atoms with Crippen LogP contribution in [0.5, 0.6) is 11.5 Å². The number of rotatable bonds is 5. The third kappa shape index (κ3) is 3.82. The molecule has 0 saturated carbocycles. The number of hydrogen-bond donors (Lipinski definition) is 3. The van der Waals surface area contributed by atoms with E-state index in [1.807, 2.05) is 42.5 Å². The summed E-state index contributed by atoms with van der Waals surface area (Å²) in [5.74, 6) is 2.84. The first-order valence-corrected chi connectivity index (χ1v) is 8.59. The van der Waals surface area contributed by atoms with Crippen molar-refractivity contribution >= 4 is 29.0 Å². The number of aryl methyl sites for hydroxylation is 1. The van der Waals surface area contributed by atoms with Crippen molar-refractivity contribution in [2.75, 3.05) is 17.7 Å². The molecular formula is C20H19N5O2. The fourth-order valence-electron chi connectivity index (χ4n) is 2.87. The van der Waals surface area contributed by atoms with Gasteiger partial charge in [0.2, 0.25) is 5.95 Å². The molecular weight excluding hydrogens is 342 g/mol. The van der Waals surface area contributed by atoms with Gasteiger partial charge in [0.1, 0.15) is 17.3 Å². The van der Waals surface area contributed by atoms with E-state index in [4.69, 9.17) is 14.9 Å². The molecule has 27 heavy (non-hydrogen) atoms. The van der Waals surface area contributed by atoms with Gasteiger partial charge >= 0.3 is 0 Å². The van der Waals surface area contributed by atoms with E-state index in [0.29, 0.717) is 29.8 Å². The molecule has 0 saturated heterocycles. The lowest BCUT2D eigenvalue weighted by atomic mass is 10.1. The van der Waals surface area contributed by atoms with Gasteiger partial charge in [0.05, 0.1) is 12.8 Å². The summed E-state index contributed by atoms with van der Waals surface area (Å²) in [5.41, 5.74) is 2.73. The zero-order valence-corrected chi connectivity index (χ0v) is 14.8. The van der Waals surface area contributed by atoms with Gasteiger partial charge in [-0.05, 0) is 36.2 Å². The number of anilines is 4. The molecule has 0 bridgehead atoms. The second-order valence-electron chi connectivity index (χ2n) is 6.06. The fourth-order valence-corrected chi connectivity index (χ4v) is 2.87. The van der Waals surface area contributed by atoms with Crippen LogP contribution in [0.25, 0.3) is 0 Å². The third-order valence-electron chi connectivity index (χ3n) is 4.20. The van der Waals surface area contributed by atoms with Gasteiger partial charge in [-0.1, -0.05) is 18.2 Å². The molecule has 2 aromatic carbocycles. The normalized spacial score (nSPS) is 12.7. The highest BCUT2D eigenvalue weighted by atomic mass is 16.5. The molecule has 0 atom stereocenters. The Morgan fingerprint density at radius 2 is 1.96 bits per heavy atom. The standard InChI is InChI=1S/C20H19N5O2/c1-26-16-5-3-2-4-15(16)24-19-10-11-22-20(25-19)23-14-8-6-13-7-9-18(21)27-17(13)12-14/h2-6,8,10-12,21H,7,9H2,1H3,(H2,22,23,24,25). The molecule has 1 aromatic heterocycles. The summed E-state index contributed by atoms with van der Waals surface area (Å²) in [6.45, 7) is 0. The maximum absolute atomic E-state index is 7.69. The Morgan fingerprint density at radius 3 is 2.85 bits per heavy atom. The van der Waals surface area contributed by atoms with Crippen LogP contribution in [0.3, 0.4) is 0 Å². The van der Waals surface area contributed by atoms with E-state index in [-0.39, 0.29) is 0 Å². The Balaban J connectivity index is 1.53. The minimum Gasteiger partial charge on any atom is -0.495 e. The lowest BCUT2D eigenvalue weighted by Gasteiger charge is -2.18. The monoisotopic (exact) mass is 361 g/mol. The molecule has 136 valence electrons. The van der Waals surface area contributed by atoms with E-state index < -0.39 is 0 Å². The Bertz CT molecular complexity index is 990. The summed E-state index contributed by atoms with van der Waals surface area (Å²) >= 11 is 0. The number of methoxy groups -OCH3 is 1. The van der Waals surface area contributed by atoms with Crippen molar-refractivity contribution in [1.29, 1.82) is 5.41 Å². The first-order valence-electron chi connectivity index (χ1n) is 8.59. The Kier molecular flexibility index (Phi) is 4.57. The van der Waals surface area contributed by atoms with Gasteiger partial charge in [0, 0.05) is 24.4 Å². The molecule has 3 N–H and O–H groups in total. The fraction of sp³-hybridized carbons (Fsp3) is 0.150. The van der Waals surface area contributed by atoms with Gasteiger partial charge in [-0.2, -0.15) is 4.98 Å². The molecule has 1 aliphatic rings. The van der Waals surface area contributed by atoms with Crippen LogP contribution in [0.4, 0.5) is 23.1 Å². The highest BCUT2D eigenvalue weighted by Gasteiger charge is 2.15. The van der Waals surface area contributed by atoms with Crippen molar-refractivity contribution < 1.29 is 9.47 Å². The summed E-state index contributed by atoms with van der Waals surface area (Å²) in [7, 11) is 1.63. The summed E-state index contributed by atoms with van der Waals surface area (Å²) in [6.07, 6.45) is 3.14. The van der Waals surface area contributed by atoms with Crippen LogP contribution in [0, 0.1) is 5.41 Å². The first-order chi connectivity index (χ1) is 13.2. The molecule has 0 radical (unpaired) electrons. The molecule has 0 aliphatic carbocycles. The van der Waals surface area contributed by atoms with Gasteiger partial charge in [0.25, 0.3) is 0 Å². The number of nitrogens with zero attached hydrogens (tertiary/aromatic N) is 2. The Hall–Kier alpha value is -3.61. The smallest absolute Gasteiger partial charge is 0.229 e. The van der Waals surface area contributed by atoms with E-state index in [1.165, 1.54) is 0 Å². The van der Waals surface area contributed by atoms with E-state index in [0.717, 1.165) is 29.1 Å². The van der Waals surface area contributed by atoms with Crippen molar-refractivity contribution in [3.8, 4) is 11.5 Å². The maximum Gasteiger partial charge on any atom is 0.229 e. The SMILES string of the molecule is COc1ccccc1Nc1ccnc(Nc2ccc3c(c2)OC(=N)CC3)n1. The summed E-state index contributed by atoms with van der Waals surface area (Å²) < 4.78 is 10.9. The lowest BCUT2D eigenvalue weighted by molar-refractivity contribution is 0.417. The maximum atomic E-state index is 7.69. The predicted molar refractivity (Wildman–Crippen MR) is 105 cm³/mol. The van der Waals surface area contributed by atoms with Crippen LogP contribution >= 0.6 is 0 Å². The molecule has 0 unspecified atom stereocenters. The highest BCUT2D eigenvalue weighted by molar-refractivity contribution is 5.78. The molecule has 0 fully saturated rings. The van der Waals surface area contributed by atoms with Crippen molar-refractivity contribution in [2.45, 2.75) is 12.8 Å². The van der Waals surface area contributed by atoms with Crippen molar-refractivity contribution in [3.63, 3.8) is 0 Å². The van der Waals surface area contributed by atoms with Gasteiger partial charge in [0.15, 0.2) is 5.90 Å². The lowest BCUT2D eigenvalue weighted by Crippen LogP contribution is -2.15. The van der Waals surface area contributed by atoms with Crippen molar-refractivity contribution in [2.24, 2.45) is 0 Å². The van der Waals surface area contributed by atoms with Gasteiger partial charge < -0.3 is 20.1 Å². The molecule has 7 heteroatoms. The average Bonchev–Trinajstić information content (AvgIpc) is 2.68. The second kappa shape index (κ2) is 7.33. The largest absolute Gasteiger partial charge is 0.495 e. The summed E-state index contributed by atoms with van der Waals surface area (Å²) in [6, 6.07) is 15.3. The van der Waals surface area contributed by atoms with Crippen molar-refractivity contribution in [1.82, 2.24) is 9.97 Å². The van der Waals surface area contributed by atoms with Crippen LogP contribution in [0.1, 0.15) is 12.0 Å². The minimum absolute atomic E-state index is 0.291. The van der Waals surface area contributed by atoms with Crippen LogP contribution in [0.15, 0.2) is 54.7 Å². The summed E-state index contributed by atoms with van der Waals surface area (Å²) in [4.78, 5) is 8.76. The molecule has 4 rings (SSSR count). The van der Waals surface area contributed by atoms with E-state index >= 15 is 0 Å². The number of ether oxygens (including phenoxy) is 2. The summed E-state index contributed by atoms with van der Waals surface area (Å²) in [5, 5.41) is 14.1. The van der Waals surface area contributed by atoms with Crippen LogP contribution in [-0.4, -0.2) is 23.0 Å².